The minimum Gasteiger partial charge on any atom is -0.491 e. The van der Waals surface area contributed by atoms with Crippen LogP contribution in [0.25, 0.3) is 0 Å². The van der Waals surface area contributed by atoms with E-state index in [4.69, 9.17) is 254 Å². The molecule has 4 aromatic carbocycles. The van der Waals surface area contributed by atoms with Crippen molar-refractivity contribution in [2.75, 3.05) is 106 Å². The molecule has 0 unspecified atom stereocenters. The van der Waals surface area contributed by atoms with Gasteiger partial charge in [0.15, 0.2) is 0 Å². The average molecular weight is 2280 g/mol. The van der Waals surface area contributed by atoms with E-state index in [1.54, 1.807) is 24.3 Å². The third-order valence-electron chi connectivity index (χ3n) is 20.6. The van der Waals surface area contributed by atoms with Crippen LogP contribution in [0.1, 0.15) is 301 Å². The summed E-state index contributed by atoms with van der Waals surface area (Å²) in [7, 11) is 0. The molecule has 0 aromatic heterocycles. The first-order chi connectivity index (χ1) is 60.4. The average Bonchev–Trinajstić information content (AvgIpc) is 0.743. The summed E-state index contributed by atoms with van der Waals surface area (Å²) in [5.41, 5.74) is 3.98. The molecule has 4 aromatic rings. The van der Waals surface area contributed by atoms with Gasteiger partial charge in [-0.05, 0) is 230 Å². The van der Waals surface area contributed by atoms with Crippen molar-refractivity contribution in [3.05, 3.63) is 93.0 Å². The fourth-order valence-electron chi connectivity index (χ4n) is 15.1. The highest BCUT2D eigenvalue weighted by molar-refractivity contribution is 8.07. The molecule has 24 nitrogen and oxygen atoms in total. The Hall–Kier alpha value is 1.44. The van der Waals surface area contributed by atoms with E-state index >= 15 is 0 Å². The number of hydrogen-bond donors (Lipinski definition) is 0. The number of benzene rings is 4. The Balaban J connectivity index is 2.37. The standard InChI is InChI=1S/C80H120Cl16O24P8/c1-5-9-13-17-21-25-29-33-61-65-53-67(75(107-39-47-115-123(85,86)99)57-73(65)105-37-45-113-121(81,82)97)62(34-30-26-22-18-14-10-6-2)69-55-71(79(111-43-51-119-127(93,94)103)59-77(69)109-41-49-117-125(89,90)101)64(36-32-28-24-20-16-12-8-4)72-56-70(78(110-42-50-118-126(91,92)102)60-80(72)112-44-52-120-128(95,96)104)63(35-31-27-23-19-15-11-7-3)68-54-66(61)74(106-38-46-114-122(83,84)98)58-76(68)108-40-48-116-124(87,88)100/h53-64H,5-52H2,1-4H3. The number of ether oxygens (including phenoxy) is 8. The van der Waals surface area contributed by atoms with Crippen molar-refractivity contribution in [2.45, 2.75) is 257 Å². The SMILES string of the molecule is CCCCCCCCCC1c2cc(c(OCCOP(=O)(Cl)Cl)cc2OCCOP(=O)(Cl)Cl)C(CCCCCCCCC)c2cc(c(OCCOP(=O)(Cl)Cl)cc2OCCOP(=O)(Cl)Cl)C(CCCCCCCCC)c2cc(c(OCCOP(=O)(Cl)Cl)cc2OCCOP(=O)(Cl)Cl)C(CCCCCCCCC)c2cc1c(OCCOP(=O)(Cl)Cl)cc2OCCOP(=O)(Cl)Cl. The van der Waals surface area contributed by atoms with E-state index in [0.717, 1.165) is 154 Å². The van der Waals surface area contributed by atoms with Gasteiger partial charge in [0.25, 0.3) is 0 Å². The zero-order valence-electron chi connectivity index (χ0n) is 72.3. The fourth-order valence-corrected chi connectivity index (χ4v) is 20.7. The Morgan fingerprint density at radius 1 is 0.180 bits per heavy atom. The Bertz CT molecular complexity index is 3580. The van der Waals surface area contributed by atoms with Gasteiger partial charge in [-0.1, -0.05) is 207 Å². The predicted octanol–water partition coefficient (Wildman–Crippen LogP) is 36.9. The second kappa shape index (κ2) is 63.4. The molecule has 8 bridgehead atoms. The maximum Gasteiger partial charge on any atom is 0.380 e. The number of rotatable bonds is 72. The van der Waals surface area contributed by atoms with E-state index in [1.807, 2.05) is 24.3 Å². The van der Waals surface area contributed by atoms with Gasteiger partial charge in [0.2, 0.25) is 0 Å². The van der Waals surface area contributed by atoms with Crippen LogP contribution in [0, 0.1) is 0 Å². The third-order valence-corrected chi connectivity index (χ3v) is 29.2. The second-order valence-electron chi connectivity index (χ2n) is 30.3. The molecule has 0 aliphatic heterocycles. The highest BCUT2D eigenvalue weighted by atomic mass is 35.9. The summed E-state index contributed by atoms with van der Waals surface area (Å²) < 4.78 is 204. The van der Waals surface area contributed by atoms with E-state index in [0.29, 0.717) is 95.9 Å². The fraction of sp³-hybridized carbons (Fsp3) is 0.700. The molecule has 0 radical (unpaired) electrons. The molecule has 5 rings (SSSR count). The van der Waals surface area contributed by atoms with E-state index in [2.05, 4.69) is 27.7 Å². The summed E-state index contributed by atoms with van der Waals surface area (Å²) in [4.78, 5) is 0. The van der Waals surface area contributed by atoms with Crippen molar-refractivity contribution in [3.8, 4) is 46.0 Å². The van der Waals surface area contributed by atoms with Gasteiger partial charge in [-0.25, -0.2) is 0 Å². The minimum absolute atomic E-state index is 0.169. The molecule has 0 spiro atoms. The van der Waals surface area contributed by atoms with E-state index in [1.165, 1.54) is 0 Å². The molecule has 48 heteroatoms. The van der Waals surface area contributed by atoms with Crippen LogP contribution in [0.3, 0.4) is 0 Å². The number of fused-ring (bicyclic) bond motifs is 8. The van der Waals surface area contributed by atoms with Gasteiger partial charge in [-0.15, -0.1) is 0 Å². The Kier molecular flexibility index (Phi) is 59.4. The number of unbranched alkanes of at least 4 members (excludes halogenated alkanes) is 24. The summed E-state index contributed by atoms with van der Waals surface area (Å²) in [5, 5.41) is 0. The Labute approximate surface area is 832 Å². The Morgan fingerprint density at radius 3 is 0.414 bits per heavy atom. The van der Waals surface area contributed by atoms with Crippen LogP contribution in [0.4, 0.5) is 0 Å². The lowest BCUT2D eigenvalue weighted by Crippen LogP contribution is -2.18. The molecule has 0 saturated carbocycles. The lowest BCUT2D eigenvalue weighted by atomic mass is 9.76. The quantitative estimate of drug-likeness (QED) is 0.0293. The molecule has 0 atom stereocenters. The van der Waals surface area contributed by atoms with Crippen molar-refractivity contribution >= 4 is 228 Å². The second-order valence-corrected chi connectivity index (χ2v) is 64.5. The lowest BCUT2D eigenvalue weighted by Gasteiger charge is -2.32. The largest absolute Gasteiger partial charge is 0.491 e. The molecule has 0 fully saturated rings. The van der Waals surface area contributed by atoms with Crippen LogP contribution >= 0.6 is 228 Å². The zero-order valence-corrected chi connectivity index (χ0v) is 91.5. The molecule has 0 heterocycles. The van der Waals surface area contributed by atoms with Crippen LogP contribution in [0.15, 0.2) is 48.5 Å². The molecule has 736 valence electrons. The maximum atomic E-state index is 13.0. The van der Waals surface area contributed by atoms with Crippen molar-refractivity contribution in [2.24, 2.45) is 0 Å². The van der Waals surface area contributed by atoms with Gasteiger partial charge < -0.3 is 74.1 Å². The van der Waals surface area contributed by atoms with Crippen molar-refractivity contribution in [1.29, 1.82) is 0 Å². The first kappa shape index (κ1) is 120. The van der Waals surface area contributed by atoms with Gasteiger partial charge in [0, 0.05) is 92.4 Å². The molecule has 1 aliphatic carbocycles. The lowest BCUT2D eigenvalue weighted by molar-refractivity contribution is 0.212. The van der Waals surface area contributed by atoms with Crippen molar-refractivity contribution in [1.82, 2.24) is 0 Å². The van der Waals surface area contributed by atoms with E-state index in [-0.39, 0.29) is 98.9 Å². The first-order valence-corrected chi connectivity index (χ1v) is 70.7. The predicted molar refractivity (Wildman–Crippen MR) is 530 cm³/mol. The minimum atomic E-state index is -4.20. The topological polar surface area (TPSA) is 284 Å². The van der Waals surface area contributed by atoms with Gasteiger partial charge in [0.05, 0.1) is 52.9 Å². The van der Waals surface area contributed by atoms with Crippen LogP contribution in [-0.2, 0) is 72.7 Å². The van der Waals surface area contributed by atoms with Crippen molar-refractivity contribution < 1.29 is 111 Å². The summed E-state index contributed by atoms with van der Waals surface area (Å²) in [5.74, 6) is -2.10. The monoisotopic (exact) mass is 2270 g/mol. The van der Waals surface area contributed by atoms with Crippen LogP contribution in [-0.4, -0.2) is 106 Å². The van der Waals surface area contributed by atoms with Gasteiger partial charge >= 0.3 is 48.6 Å². The number of hydrogen-bond acceptors (Lipinski definition) is 24. The molecule has 0 amide bonds. The van der Waals surface area contributed by atoms with Gasteiger partial charge in [-0.2, -0.15) is 0 Å². The Morgan fingerprint density at radius 2 is 0.297 bits per heavy atom. The molecular weight excluding hydrogens is 2160 g/mol. The van der Waals surface area contributed by atoms with Gasteiger partial charge in [-0.3, -0.25) is 36.5 Å². The molecule has 0 N–H and O–H groups in total. The third kappa shape index (κ3) is 52.3. The summed E-state index contributed by atoms with van der Waals surface area (Å²) in [6.45, 7) is 2.60. The smallest absolute Gasteiger partial charge is 0.380 e. The summed E-state index contributed by atoms with van der Waals surface area (Å²) >= 11 is 97.3. The normalized spacial score (nSPS) is 15.5. The zero-order chi connectivity index (χ0) is 94.5. The highest BCUT2D eigenvalue weighted by Crippen LogP contribution is 2.64. The number of halogens is 16. The van der Waals surface area contributed by atoms with E-state index < -0.39 is 125 Å². The van der Waals surface area contributed by atoms with Crippen LogP contribution in [0.5, 0.6) is 46.0 Å². The molecule has 128 heavy (non-hydrogen) atoms. The summed E-state index contributed by atoms with van der Waals surface area (Å²) in [6.07, 6.45) is -8.08. The molecule has 0 saturated heterocycles. The first-order valence-electron chi connectivity index (χ1n) is 43.3. The molecule has 1 aliphatic rings. The molecular formula is C80H120Cl16O24P8. The van der Waals surface area contributed by atoms with Crippen LogP contribution < -0.4 is 37.9 Å². The van der Waals surface area contributed by atoms with Gasteiger partial charge in [0.1, 0.15) is 98.9 Å². The van der Waals surface area contributed by atoms with Crippen molar-refractivity contribution in [3.63, 3.8) is 0 Å². The maximum absolute atomic E-state index is 13.0. The van der Waals surface area contributed by atoms with Crippen LogP contribution in [0.2, 0.25) is 0 Å². The summed E-state index contributed by atoms with van der Waals surface area (Å²) in [6, 6.07) is 14.7. The van der Waals surface area contributed by atoms with E-state index in [9.17, 15) is 36.5 Å². The highest BCUT2D eigenvalue weighted by Gasteiger charge is 2.37.